The van der Waals surface area contributed by atoms with Crippen LogP contribution in [0.4, 0.5) is 0 Å². The molecule has 0 spiro atoms. The zero-order valence-electron chi connectivity index (χ0n) is 30.4. The summed E-state index contributed by atoms with van der Waals surface area (Å²) in [5.41, 5.74) is 0. The van der Waals surface area contributed by atoms with Gasteiger partial charge in [-0.2, -0.15) is 0 Å². The third-order valence-electron chi connectivity index (χ3n) is 8.31. The Labute approximate surface area is 289 Å². The second-order valence-electron chi connectivity index (χ2n) is 12.9. The van der Waals surface area contributed by atoms with E-state index < -0.39 is 25.0 Å². The number of carbonyl (C=O) groups is 3. The summed E-state index contributed by atoms with van der Waals surface area (Å²) in [4.78, 5) is 34.6. The van der Waals surface area contributed by atoms with Crippen LogP contribution in [0, 0.1) is 0 Å². The first kappa shape index (κ1) is 44.4. The van der Waals surface area contributed by atoms with Crippen molar-refractivity contribution in [2.75, 3.05) is 6.61 Å². The van der Waals surface area contributed by atoms with E-state index in [0.29, 0.717) is 0 Å². The molecule has 0 saturated carbocycles. The quantitative estimate of drug-likeness (QED) is 0.0236. The molecule has 0 heterocycles. The van der Waals surface area contributed by atoms with Gasteiger partial charge < -0.3 is 15.2 Å². The van der Waals surface area contributed by atoms with Crippen molar-refractivity contribution in [3.8, 4) is 0 Å². The number of hydrogen-bond donors (Lipinski definition) is 2. The highest BCUT2D eigenvalue weighted by Crippen LogP contribution is 2.15. The molecule has 1 unspecified atom stereocenters. The van der Waals surface area contributed by atoms with Gasteiger partial charge >= 0.3 is 11.9 Å². The molecule has 1 amide bonds. The summed E-state index contributed by atoms with van der Waals surface area (Å²) in [6, 6.07) is 0.0617. The average molecular weight is 658 g/mol. The number of unbranched alkanes of at least 4 members (excludes halogenated alkanes) is 18. The van der Waals surface area contributed by atoms with Gasteiger partial charge in [0.25, 0.3) is 5.91 Å². The fourth-order valence-corrected chi connectivity index (χ4v) is 5.48. The van der Waals surface area contributed by atoms with Gasteiger partial charge in [-0.3, -0.25) is 14.4 Å². The lowest BCUT2D eigenvalue weighted by Crippen LogP contribution is -2.37. The summed E-state index contributed by atoms with van der Waals surface area (Å²) in [5.74, 6) is -2.49. The van der Waals surface area contributed by atoms with Gasteiger partial charge in [-0.25, -0.2) is 0 Å². The number of aliphatic carboxylic acids is 1. The molecule has 0 aliphatic rings. The Hall–Kier alpha value is -2.63. The highest BCUT2D eigenvalue weighted by Gasteiger charge is 2.15. The van der Waals surface area contributed by atoms with Crippen LogP contribution in [0.1, 0.15) is 181 Å². The van der Waals surface area contributed by atoms with E-state index in [1.54, 1.807) is 0 Å². The van der Waals surface area contributed by atoms with E-state index in [9.17, 15) is 14.4 Å². The highest BCUT2D eigenvalue weighted by atomic mass is 16.5. The maximum Gasteiger partial charge on any atom is 0.317 e. The van der Waals surface area contributed by atoms with Crippen molar-refractivity contribution in [1.29, 1.82) is 0 Å². The normalized spacial score (nSPS) is 12.6. The Balaban J connectivity index is 4.17. The molecule has 2 N–H and O–H groups in total. The zero-order chi connectivity index (χ0) is 34.5. The average Bonchev–Trinajstić information content (AvgIpc) is 3.04. The number of ether oxygens (including phenoxy) is 1. The molecule has 0 radical (unpaired) electrons. The van der Waals surface area contributed by atoms with Gasteiger partial charge in [0.15, 0.2) is 6.61 Å². The summed E-state index contributed by atoms with van der Waals surface area (Å²) in [6.45, 7) is 4.05. The number of allylic oxidation sites excluding steroid dienone is 8. The van der Waals surface area contributed by atoms with E-state index >= 15 is 0 Å². The number of esters is 1. The van der Waals surface area contributed by atoms with Gasteiger partial charge in [0.1, 0.15) is 6.42 Å². The van der Waals surface area contributed by atoms with E-state index in [2.05, 4.69) is 67.8 Å². The van der Waals surface area contributed by atoms with Crippen LogP contribution in [0.2, 0.25) is 0 Å². The minimum absolute atomic E-state index is 0.0617. The van der Waals surface area contributed by atoms with Crippen LogP contribution in [0.3, 0.4) is 0 Å². The molecule has 47 heavy (non-hydrogen) atoms. The van der Waals surface area contributed by atoms with Crippen molar-refractivity contribution < 1.29 is 24.2 Å². The highest BCUT2D eigenvalue weighted by molar-refractivity contribution is 5.91. The summed E-state index contributed by atoms with van der Waals surface area (Å²) in [5, 5.41) is 11.8. The molecule has 0 rings (SSSR count). The molecule has 6 nitrogen and oxygen atoms in total. The zero-order valence-corrected chi connectivity index (χ0v) is 30.4. The second-order valence-corrected chi connectivity index (χ2v) is 12.9. The molecule has 0 aromatic heterocycles. The van der Waals surface area contributed by atoms with Crippen LogP contribution in [-0.2, 0) is 19.1 Å². The first-order valence-electron chi connectivity index (χ1n) is 19.3. The first-order valence-corrected chi connectivity index (χ1v) is 19.3. The first-order chi connectivity index (χ1) is 23.0. The van der Waals surface area contributed by atoms with Gasteiger partial charge in [-0.05, 0) is 70.6 Å². The van der Waals surface area contributed by atoms with Crippen molar-refractivity contribution in [2.45, 2.75) is 187 Å². The molecule has 1 atom stereocenters. The Bertz CT molecular complexity index is 860. The van der Waals surface area contributed by atoms with Crippen LogP contribution in [0.5, 0.6) is 0 Å². The largest absolute Gasteiger partial charge is 0.481 e. The lowest BCUT2D eigenvalue weighted by molar-refractivity contribution is -0.154. The van der Waals surface area contributed by atoms with Crippen LogP contribution in [0.25, 0.3) is 0 Å². The van der Waals surface area contributed by atoms with E-state index in [4.69, 9.17) is 9.84 Å². The lowest BCUT2D eigenvalue weighted by atomic mass is 9.99. The van der Waals surface area contributed by atoms with Crippen molar-refractivity contribution >= 4 is 17.8 Å². The summed E-state index contributed by atoms with van der Waals surface area (Å²) in [6.07, 6.45) is 47.0. The lowest BCUT2D eigenvalue weighted by Gasteiger charge is -2.19. The smallest absolute Gasteiger partial charge is 0.317 e. The minimum atomic E-state index is -1.26. The van der Waals surface area contributed by atoms with Crippen LogP contribution in [-0.4, -0.2) is 35.6 Å². The molecule has 0 aromatic rings. The topological polar surface area (TPSA) is 92.7 Å². The number of rotatable bonds is 34. The van der Waals surface area contributed by atoms with Gasteiger partial charge in [-0.1, -0.05) is 152 Å². The monoisotopic (exact) mass is 658 g/mol. The Morgan fingerprint density at radius 1 is 0.574 bits per heavy atom. The minimum Gasteiger partial charge on any atom is -0.481 e. The molecule has 0 aromatic carbocycles. The molecular formula is C41H71NO5. The predicted molar refractivity (Wildman–Crippen MR) is 198 cm³/mol. The Morgan fingerprint density at radius 2 is 1.00 bits per heavy atom. The van der Waals surface area contributed by atoms with E-state index in [1.165, 1.54) is 103 Å². The van der Waals surface area contributed by atoms with Gasteiger partial charge in [0.2, 0.25) is 0 Å². The number of hydrogen-bond acceptors (Lipinski definition) is 4. The van der Waals surface area contributed by atoms with Crippen molar-refractivity contribution in [3.05, 3.63) is 48.6 Å². The second kappa shape index (κ2) is 36.2. The van der Waals surface area contributed by atoms with Crippen molar-refractivity contribution in [2.24, 2.45) is 0 Å². The molecule has 0 fully saturated rings. The van der Waals surface area contributed by atoms with Crippen LogP contribution < -0.4 is 5.32 Å². The molecular weight excluding hydrogens is 586 g/mol. The molecule has 0 aliphatic carbocycles. The van der Waals surface area contributed by atoms with Crippen molar-refractivity contribution in [3.63, 3.8) is 0 Å². The maximum atomic E-state index is 12.4. The third-order valence-corrected chi connectivity index (χ3v) is 8.31. The Kier molecular flexibility index (Phi) is 34.2. The number of carbonyl (C=O) groups excluding carboxylic acids is 2. The summed E-state index contributed by atoms with van der Waals surface area (Å²) < 4.78 is 4.83. The number of amides is 1. The molecule has 0 bridgehead atoms. The standard InChI is InChI=1S/C41H71NO5/c1-3-5-7-9-11-13-15-17-19-21-23-25-27-29-31-33-35-38(42-39(43)37-47-41(46)36-40(44)45)34-32-30-28-26-24-22-20-18-16-14-12-10-8-6-4-2/h11-14,16-19,38H,3-10,15,20-37H2,1-2H3,(H,42,43)(H,44,45)/b13-11-,14-12+,18-16-,19-17-. The number of carboxylic acid groups (broad SMARTS) is 1. The predicted octanol–water partition coefficient (Wildman–Crippen LogP) is 11.5. The summed E-state index contributed by atoms with van der Waals surface area (Å²) in [7, 11) is 0. The fraction of sp³-hybridized carbons (Fsp3) is 0.732. The fourth-order valence-electron chi connectivity index (χ4n) is 5.48. The van der Waals surface area contributed by atoms with Gasteiger partial charge in [0, 0.05) is 6.04 Å². The van der Waals surface area contributed by atoms with Gasteiger partial charge in [-0.15, -0.1) is 0 Å². The summed E-state index contributed by atoms with van der Waals surface area (Å²) >= 11 is 0. The maximum absolute atomic E-state index is 12.4. The SMILES string of the molecule is CCCCC/C=C\C/C=C\CCCCCCCCC(CCCCCCCC/C=C\C=C\CCCCC)NC(=O)COC(=O)CC(=O)O. The van der Waals surface area contributed by atoms with E-state index in [-0.39, 0.29) is 11.9 Å². The van der Waals surface area contributed by atoms with Crippen LogP contribution >= 0.6 is 0 Å². The molecule has 0 aliphatic heterocycles. The van der Waals surface area contributed by atoms with E-state index in [1.807, 2.05) is 0 Å². The van der Waals surface area contributed by atoms with Crippen LogP contribution in [0.15, 0.2) is 48.6 Å². The number of carboxylic acids is 1. The van der Waals surface area contributed by atoms with Gasteiger partial charge in [0.05, 0.1) is 0 Å². The van der Waals surface area contributed by atoms with Crippen molar-refractivity contribution in [1.82, 2.24) is 5.32 Å². The molecule has 6 heteroatoms. The third kappa shape index (κ3) is 36.1. The molecule has 270 valence electrons. The Morgan fingerprint density at radius 3 is 1.47 bits per heavy atom. The number of nitrogens with one attached hydrogen (secondary N) is 1. The van der Waals surface area contributed by atoms with E-state index in [0.717, 1.165) is 57.8 Å². The molecule has 0 saturated heterocycles.